The topological polar surface area (TPSA) is 69.6 Å². The first kappa shape index (κ1) is 18.7. The van der Waals surface area contributed by atoms with Gasteiger partial charge in [-0.2, -0.15) is 0 Å². The number of nitrogens with one attached hydrogen (secondary N) is 1. The molecule has 0 radical (unpaired) electrons. The van der Waals surface area contributed by atoms with Crippen LogP contribution in [0.4, 0.5) is 4.79 Å². The molecule has 0 aromatic carbocycles. The first-order valence-electron chi connectivity index (χ1n) is 7.68. The van der Waals surface area contributed by atoms with Crippen molar-refractivity contribution in [1.29, 1.82) is 0 Å². The van der Waals surface area contributed by atoms with Crippen molar-refractivity contribution in [2.24, 2.45) is 5.92 Å². The molecule has 0 rings (SSSR count). The summed E-state index contributed by atoms with van der Waals surface area (Å²) in [5.41, 5.74) is 0. The number of unbranched alkanes of at least 4 members (excludes halogenated alkanes) is 1. The van der Waals surface area contributed by atoms with E-state index in [1.54, 1.807) is 4.90 Å². The summed E-state index contributed by atoms with van der Waals surface area (Å²) < 4.78 is 0. The fraction of sp³-hybridized carbons (Fsp3) is 0.867. The number of amides is 2. The van der Waals surface area contributed by atoms with Gasteiger partial charge in [-0.15, -0.1) is 0 Å². The largest absolute Gasteiger partial charge is 0.480 e. The van der Waals surface area contributed by atoms with Crippen molar-refractivity contribution in [3.05, 3.63) is 0 Å². The number of aliphatic carboxylic acids is 1. The zero-order valence-corrected chi connectivity index (χ0v) is 13.5. The lowest BCUT2D eigenvalue weighted by Crippen LogP contribution is -2.52. The monoisotopic (exact) mass is 286 g/mol. The summed E-state index contributed by atoms with van der Waals surface area (Å²) in [4.78, 5) is 25.4. The smallest absolute Gasteiger partial charge is 0.326 e. The van der Waals surface area contributed by atoms with Crippen LogP contribution in [0.25, 0.3) is 0 Å². The third kappa shape index (κ3) is 5.80. The molecule has 2 amide bonds. The average molecular weight is 286 g/mol. The number of nitrogens with zero attached hydrogens (tertiary/aromatic N) is 1. The zero-order valence-electron chi connectivity index (χ0n) is 13.5. The van der Waals surface area contributed by atoms with E-state index in [4.69, 9.17) is 0 Å². The van der Waals surface area contributed by atoms with Gasteiger partial charge >= 0.3 is 12.0 Å². The van der Waals surface area contributed by atoms with Crippen LogP contribution in [-0.4, -0.2) is 40.6 Å². The second kappa shape index (κ2) is 9.61. The molecule has 0 saturated heterocycles. The molecule has 5 heteroatoms. The van der Waals surface area contributed by atoms with E-state index >= 15 is 0 Å². The fourth-order valence-corrected chi connectivity index (χ4v) is 1.97. The predicted octanol–water partition coefficient (Wildman–Crippen LogP) is 3.10. The molecule has 0 fully saturated rings. The number of carbonyl (C=O) groups excluding carboxylic acids is 1. The van der Waals surface area contributed by atoms with Gasteiger partial charge in [0.1, 0.15) is 6.04 Å². The van der Waals surface area contributed by atoms with Crippen LogP contribution < -0.4 is 5.32 Å². The number of carbonyl (C=O) groups is 2. The second-order valence-electron chi connectivity index (χ2n) is 5.46. The van der Waals surface area contributed by atoms with Crippen LogP contribution >= 0.6 is 0 Å². The Morgan fingerprint density at radius 3 is 2.15 bits per heavy atom. The van der Waals surface area contributed by atoms with E-state index in [1.807, 2.05) is 27.7 Å². The van der Waals surface area contributed by atoms with E-state index in [0.717, 1.165) is 25.7 Å². The standard InChI is InChI=1S/C15H30N2O3/c1-6-9-10-17(12(5)8-3)15(20)16-13(14(18)19)11(4)7-2/h11-13H,6-10H2,1-5H3,(H,16,20)(H,18,19). The molecule has 3 unspecified atom stereocenters. The van der Waals surface area contributed by atoms with Crippen molar-refractivity contribution in [1.82, 2.24) is 10.2 Å². The summed E-state index contributed by atoms with van der Waals surface area (Å²) in [5, 5.41) is 11.9. The SMILES string of the molecule is CCCCN(C(=O)NC(C(=O)O)C(C)CC)C(C)CC. The Bertz CT molecular complexity index is 307. The van der Waals surface area contributed by atoms with Crippen molar-refractivity contribution >= 4 is 12.0 Å². The molecule has 0 aromatic heterocycles. The van der Waals surface area contributed by atoms with Crippen molar-refractivity contribution in [3.63, 3.8) is 0 Å². The molecule has 0 aliphatic heterocycles. The maximum atomic E-state index is 12.3. The first-order chi connectivity index (χ1) is 9.38. The molecule has 118 valence electrons. The Balaban J connectivity index is 4.82. The van der Waals surface area contributed by atoms with Gasteiger partial charge in [-0.25, -0.2) is 9.59 Å². The number of urea groups is 1. The summed E-state index contributed by atoms with van der Waals surface area (Å²) >= 11 is 0. The summed E-state index contributed by atoms with van der Waals surface area (Å²) in [6.07, 6.45) is 3.51. The van der Waals surface area contributed by atoms with E-state index in [0.29, 0.717) is 6.54 Å². The van der Waals surface area contributed by atoms with E-state index in [-0.39, 0.29) is 18.0 Å². The molecule has 0 bridgehead atoms. The molecular formula is C15H30N2O3. The molecule has 0 aliphatic rings. The van der Waals surface area contributed by atoms with Gasteiger partial charge < -0.3 is 15.3 Å². The number of carboxylic acids is 1. The Labute approximate surface area is 122 Å². The third-order valence-corrected chi connectivity index (χ3v) is 3.89. The molecule has 5 nitrogen and oxygen atoms in total. The van der Waals surface area contributed by atoms with E-state index in [2.05, 4.69) is 12.2 Å². The van der Waals surface area contributed by atoms with Crippen LogP contribution in [-0.2, 0) is 4.79 Å². The Morgan fingerprint density at radius 1 is 1.15 bits per heavy atom. The molecule has 3 atom stereocenters. The molecule has 0 aliphatic carbocycles. The highest BCUT2D eigenvalue weighted by Gasteiger charge is 2.28. The molecule has 0 spiro atoms. The minimum atomic E-state index is -0.965. The lowest BCUT2D eigenvalue weighted by molar-refractivity contribution is -0.140. The Hall–Kier alpha value is -1.26. The highest BCUT2D eigenvalue weighted by atomic mass is 16.4. The minimum Gasteiger partial charge on any atom is -0.480 e. The van der Waals surface area contributed by atoms with Crippen LogP contribution in [0.1, 0.15) is 60.3 Å². The van der Waals surface area contributed by atoms with E-state index < -0.39 is 12.0 Å². The molecule has 0 aromatic rings. The van der Waals surface area contributed by atoms with Gasteiger partial charge in [0, 0.05) is 12.6 Å². The van der Waals surface area contributed by atoms with Gasteiger partial charge in [-0.1, -0.05) is 40.5 Å². The van der Waals surface area contributed by atoms with Gasteiger partial charge in [-0.05, 0) is 25.7 Å². The summed E-state index contributed by atoms with van der Waals surface area (Å²) in [5.74, 6) is -1.05. The highest BCUT2D eigenvalue weighted by molar-refractivity contribution is 5.83. The molecule has 0 heterocycles. The van der Waals surface area contributed by atoms with Crippen LogP contribution in [0, 0.1) is 5.92 Å². The van der Waals surface area contributed by atoms with Crippen LogP contribution in [0.5, 0.6) is 0 Å². The number of hydrogen-bond donors (Lipinski definition) is 2. The fourth-order valence-electron chi connectivity index (χ4n) is 1.97. The quantitative estimate of drug-likeness (QED) is 0.684. The van der Waals surface area contributed by atoms with Crippen LogP contribution in [0.15, 0.2) is 0 Å². The van der Waals surface area contributed by atoms with Gasteiger partial charge in [0.2, 0.25) is 0 Å². The van der Waals surface area contributed by atoms with Crippen LogP contribution in [0.3, 0.4) is 0 Å². The van der Waals surface area contributed by atoms with Gasteiger partial charge in [0.05, 0.1) is 0 Å². The Morgan fingerprint density at radius 2 is 1.75 bits per heavy atom. The van der Waals surface area contributed by atoms with Crippen molar-refractivity contribution < 1.29 is 14.7 Å². The van der Waals surface area contributed by atoms with Crippen molar-refractivity contribution in [2.45, 2.75) is 72.4 Å². The normalized spacial score (nSPS) is 15.2. The summed E-state index contributed by atoms with van der Waals surface area (Å²) in [7, 11) is 0. The van der Waals surface area contributed by atoms with Crippen molar-refractivity contribution in [3.8, 4) is 0 Å². The van der Waals surface area contributed by atoms with Gasteiger partial charge in [0.25, 0.3) is 0 Å². The van der Waals surface area contributed by atoms with Crippen molar-refractivity contribution in [2.75, 3.05) is 6.54 Å². The number of hydrogen-bond acceptors (Lipinski definition) is 2. The first-order valence-corrected chi connectivity index (χ1v) is 7.68. The molecule has 0 saturated carbocycles. The van der Waals surface area contributed by atoms with E-state index in [1.165, 1.54) is 0 Å². The summed E-state index contributed by atoms with van der Waals surface area (Å²) in [6, 6.07) is -0.964. The van der Waals surface area contributed by atoms with Gasteiger partial charge in [-0.3, -0.25) is 0 Å². The molecular weight excluding hydrogens is 256 g/mol. The Kier molecular flexibility index (Phi) is 9.01. The predicted molar refractivity (Wildman–Crippen MR) is 80.8 cm³/mol. The average Bonchev–Trinajstić information content (AvgIpc) is 2.43. The molecule has 2 N–H and O–H groups in total. The number of rotatable bonds is 9. The van der Waals surface area contributed by atoms with Gasteiger partial charge in [0.15, 0.2) is 0 Å². The van der Waals surface area contributed by atoms with Crippen LogP contribution in [0.2, 0.25) is 0 Å². The molecule has 20 heavy (non-hydrogen) atoms. The minimum absolute atomic E-state index is 0.0820. The second-order valence-corrected chi connectivity index (χ2v) is 5.46. The maximum Gasteiger partial charge on any atom is 0.326 e. The third-order valence-electron chi connectivity index (χ3n) is 3.89. The lowest BCUT2D eigenvalue weighted by atomic mass is 9.99. The number of carboxylic acid groups (broad SMARTS) is 1. The zero-order chi connectivity index (χ0) is 15.7. The highest BCUT2D eigenvalue weighted by Crippen LogP contribution is 2.11. The summed E-state index contributed by atoms with van der Waals surface area (Å²) in [6.45, 7) is 10.5. The maximum absolute atomic E-state index is 12.3. The lowest BCUT2D eigenvalue weighted by Gasteiger charge is -2.31. The van der Waals surface area contributed by atoms with E-state index in [9.17, 15) is 14.7 Å².